The fraction of sp³-hybridized carbons (Fsp3) is 0.333. The first kappa shape index (κ1) is 15.4. The first-order valence-electron chi connectivity index (χ1n) is 5.20. The second-order valence-corrected chi connectivity index (χ2v) is 2.99. The molecule has 0 aromatic heterocycles. The maximum Gasteiger partial charge on any atom is 0.338 e. The molecular formula is C12H16ClNO3. The van der Waals surface area contributed by atoms with Crippen molar-refractivity contribution >= 4 is 24.6 Å². The molecular weight excluding hydrogens is 242 g/mol. The van der Waals surface area contributed by atoms with Crippen molar-refractivity contribution in [2.45, 2.75) is 13.8 Å². The quantitative estimate of drug-likeness (QED) is 0.463. The molecule has 0 atom stereocenters. The molecule has 0 aliphatic carbocycles. The molecule has 1 aromatic rings. The Morgan fingerprint density at radius 2 is 1.88 bits per heavy atom. The monoisotopic (exact) mass is 257 g/mol. The number of hydrogen-bond donors (Lipinski definition) is 0. The number of esters is 1. The van der Waals surface area contributed by atoms with E-state index in [0.717, 1.165) is 5.56 Å². The van der Waals surface area contributed by atoms with Gasteiger partial charge in [0.25, 0.3) is 0 Å². The van der Waals surface area contributed by atoms with E-state index in [-0.39, 0.29) is 18.4 Å². The number of rotatable bonds is 5. The number of halogens is 1. The van der Waals surface area contributed by atoms with Gasteiger partial charge >= 0.3 is 5.97 Å². The van der Waals surface area contributed by atoms with Gasteiger partial charge in [0.2, 0.25) is 0 Å². The summed E-state index contributed by atoms with van der Waals surface area (Å²) < 4.78 is 4.87. The van der Waals surface area contributed by atoms with Crippen LogP contribution in [0.2, 0.25) is 0 Å². The Morgan fingerprint density at radius 3 is 2.41 bits per heavy atom. The van der Waals surface area contributed by atoms with Crippen LogP contribution < -0.4 is 0 Å². The number of oxime groups is 1. The van der Waals surface area contributed by atoms with Gasteiger partial charge in [0.15, 0.2) is 0 Å². The van der Waals surface area contributed by atoms with Gasteiger partial charge in [-0.3, -0.25) is 0 Å². The zero-order valence-corrected chi connectivity index (χ0v) is 10.7. The zero-order valence-electron chi connectivity index (χ0n) is 9.88. The minimum absolute atomic E-state index is 0. The molecule has 17 heavy (non-hydrogen) atoms. The zero-order chi connectivity index (χ0) is 11.8. The van der Waals surface area contributed by atoms with Crippen molar-refractivity contribution in [1.82, 2.24) is 0 Å². The molecule has 0 radical (unpaired) electrons. The Morgan fingerprint density at radius 1 is 1.24 bits per heavy atom. The van der Waals surface area contributed by atoms with Crippen LogP contribution in [0.15, 0.2) is 29.4 Å². The van der Waals surface area contributed by atoms with Crippen LogP contribution in [-0.4, -0.2) is 25.4 Å². The summed E-state index contributed by atoms with van der Waals surface area (Å²) in [5, 5.41) is 3.73. The minimum atomic E-state index is -0.309. The number of ether oxygens (including phenoxy) is 1. The molecule has 0 amide bonds. The van der Waals surface area contributed by atoms with Crippen LogP contribution in [0, 0.1) is 0 Å². The van der Waals surface area contributed by atoms with E-state index in [9.17, 15) is 4.79 Å². The molecule has 94 valence electrons. The summed E-state index contributed by atoms with van der Waals surface area (Å²) in [6.07, 6.45) is 1.60. The SMILES string of the molecule is CCO/N=C/c1ccc(C(=O)OCC)cc1.Cl. The Labute approximate surface area is 107 Å². The molecule has 0 heterocycles. The molecule has 0 spiro atoms. The maximum atomic E-state index is 11.3. The highest BCUT2D eigenvalue weighted by Gasteiger charge is 2.04. The number of carbonyl (C=O) groups is 1. The summed E-state index contributed by atoms with van der Waals surface area (Å²) in [5.74, 6) is -0.309. The van der Waals surface area contributed by atoms with E-state index < -0.39 is 0 Å². The van der Waals surface area contributed by atoms with Gasteiger partial charge in [-0.25, -0.2) is 4.79 Å². The summed E-state index contributed by atoms with van der Waals surface area (Å²) in [6, 6.07) is 6.97. The van der Waals surface area contributed by atoms with Crippen molar-refractivity contribution < 1.29 is 14.4 Å². The first-order valence-corrected chi connectivity index (χ1v) is 5.20. The van der Waals surface area contributed by atoms with Crippen LogP contribution in [0.25, 0.3) is 0 Å². The Bertz CT molecular complexity index is 363. The Balaban J connectivity index is 0.00000256. The van der Waals surface area contributed by atoms with Crippen molar-refractivity contribution in [3.05, 3.63) is 35.4 Å². The second-order valence-electron chi connectivity index (χ2n) is 2.99. The van der Waals surface area contributed by atoms with Gasteiger partial charge in [-0.15, -0.1) is 12.4 Å². The molecule has 4 nitrogen and oxygen atoms in total. The van der Waals surface area contributed by atoms with Crippen LogP contribution in [0.4, 0.5) is 0 Å². The van der Waals surface area contributed by atoms with Crippen molar-refractivity contribution in [1.29, 1.82) is 0 Å². The Kier molecular flexibility index (Phi) is 7.80. The summed E-state index contributed by atoms with van der Waals surface area (Å²) in [6.45, 7) is 4.56. The van der Waals surface area contributed by atoms with Gasteiger partial charge < -0.3 is 9.57 Å². The molecule has 0 unspecified atom stereocenters. The van der Waals surface area contributed by atoms with E-state index in [1.807, 2.05) is 6.92 Å². The summed E-state index contributed by atoms with van der Waals surface area (Å²) in [7, 11) is 0. The van der Waals surface area contributed by atoms with Gasteiger partial charge in [0.05, 0.1) is 18.4 Å². The van der Waals surface area contributed by atoms with Crippen molar-refractivity contribution in [2.24, 2.45) is 5.16 Å². The second kappa shape index (κ2) is 8.58. The van der Waals surface area contributed by atoms with Gasteiger partial charge in [-0.2, -0.15) is 0 Å². The van der Waals surface area contributed by atoms with Gasteiger partial charge in [0, 0.05) is 0 Å². The van der Waals surface area contributed by atoms with E-state index in [1.165, 1.54) is 0 Å². The maximum absolute atomic E-state index is 11.3. The normalized spacial score (nSPS) is 9.76. The highest BCUT2D eigenvalue weighted by molar-refractivity contribution is 5.90. The van der Waals surface area contributed by atoms with E-state index in [0.29, 0.717) is 18.8 Å². The average molecular weight is 258 g/mol. The average Bonchev–Trinajstić information content (AvgIpc) is 2.30. The molecule has 0 bridgehead atoms. The number of nitrogens with zero attached hydrogens (tertiary/aromatic N) is 1. The van der Waals surface area contributed by atoms with Crippen molar-refractivity contribution in [3.8, 4) is 0 Å². The molecule has 0 saturated heterocycles. The minimum Gasteiger partial charge on any atom is -0.462 e. The third-order valence-corrected chi connectivity index (χ3v) is 1.83. The topological polar surface area (TPSA) is 47.9 Å². The lowest BCUT2D eigenvalue weighted by molar-refractivity contribution is 0.0526. The van der Waals surface area contributed by atoms with Crippen LogP contribution in [0.1, 0.15) is 29.8 Å². The molecule has 0 aliphatic heterocycles. The number of carbonyl (C=O) groups excluding carboxylic acids is 1. The molecule has 0 fully saturated rings. The molecule has 0 N–H and O–H groups in total. The van der Waals surface area contributed by atoms with Gasteiger partial charge in [0.1, 0.15) is 6.61 Å². The van der Waals surface area contributed by atoms with Crippen LogP contribution in [0.5, 0.6) is 0 Å². The lowest BCUT2D eigenvalue weighted by atomic mass is 10.1. The summed E-state index contributed by atoms with van der Waals surface area (Å²) in [5.41, 5.74) is 1.41. The number of hydrogen-bond acceptors (Lipinski definition) is 4. The molecule has 5 heteroatoms. The summed E-state index contributed by atoms with van der Waals surface area (Å²) in [4.78, 5) is 16.2. The molecule has 1 aromatic carbocycles. The van der Waals surface area contributed by atoms with E-state index >= 15 is 0 Å². The standard InChI is InChI=1S/C12H15NO3.ClH/c1-3-15-12(14)11-7-5-10(6-8-11)9-13-16-4-2;/h5-9H,3-4H2,1-2H3;1H/b13-9+;. The van der Waals surface area contributed by atoms with Crippen LogP contribution in [0.3, 0.4) is 0 Å². The van der Waals surface area contributed by atoms with Crippen molar-refractivity contribution in [3.63, 3.8) is 0 Å². The Hall–Kier alpha value is -1.55. The lowest BCUT2D eigenvalue weighted by Crippen LogP contribution is -2.04. The highest BCUT2D eigenvalue weighted by Crippen LogP contribution is 2.04. The van der Waals surface area contributed by atoms with Gasteiger partial charge in [-0.05, 0) is 31.5 Å². The van der Waals surface area contributed by atoms with Gasteiger partial charge in [-0.1, -0.05) is 17.3 Å². The van der Waals surface area contributed by atoms with E-state index in [1.54, 1.807) is 37.4 Å². The molecule has 1 rings (SSSR count). The fourth-order valence-corrected chi connectivity index (χ4v) is 1.09. The third-order valence-electron chi connectivity index (χ3n) is 1.83. The highest BCUT2D eigenvalue weighted by atomic mass is 35.5. The lowest BCUT2D eigenvalue weighted by Gasteiger charge is -2.01. The van der Waals surface area contributed by atoms with E-state index in [4.69, 9.17) is 9.57 Å². The number of benzene rings is 1. The predicted molar refractivity (Wildman–Crippen MR) is 68.9 cm³/mol. The fourth-order valence-electron chi connectivity index (χ4n) is 1.09. The predicted octanol–water partition coefficient (Wildman–Crippen LogP) is 2.66. The third kappa shape index (κ3) is 5.36. The summed E-state index contributed by atoms with van der Waals surface area (Å²) >= 11 is 0. The molecule has 0 saturated carbocycles. The largest absolute Gasteiger partial charge is 0.462 e. The van der Waals surface area contributed by atoms with E-state index in [2.05, 4.69) is 5.16 Å². The van der Waals surface area contributed by atoms with Crippen LogP contribution >= 0.6 is 12.4 Å². The van der Waals surface area contributed by atoms with Crippen LogP contribution in [-0.2, 0) is 9.57 Å². The van der Waals surface area contributed by atoms with Crippen molar-refractivity contribution in [2.75, 3.05) is 13.2 Å². The molecule has 0 aliphatic rings. The first-order chi connectivity index (χ1) is 7.77. The smallest absolute Gasteiger partial charge is 0.338 e.